The third-order valence-corrected chi connectivity index (χ3v) is 2.97. The van der Waals surface area contributed by atoms with Gasteiger partial charge in [0.1, 0.15) is 5.75 Å². The van der Waals surface area contributed by atoms with Crippen LogP contribution in [0.4, 0.5) is 0 Å². The van der Waals surface area contributed by atoms with Gasteiger partial charge in [0.25, 0.3) is 0 Å². The normalized spacial score (nSPS) is 11.8. The number of ether oxygens (including phenoxy) is 1. The second kappa shape index (κ2) is 6.20. The molecule has 0 saturated heterocycles. The maximum Gasteiger partial charge on any atom is 0.136 e. The van der Waals surface area contributed by atoms with Gasteiger partial charge in [-0.2, -0.15) is 0 Å². The SMILES string of the molecule is CC(=NO)c1ccc2ccccc2c1OCCCO. The maximum absolute atomic E-state index is 8.95. The van der Waals surface area contributed by atoms with Crippen LogP contribution in [0.5, 0.6) is 5.75 Å². The molecule has 0 atom stereocenters. The number of nitrogens with zero attached hydrogens (tertiary/aromatic N) is 1. The Morgan fingerprint density at radius 1 is 1.21 bits per heavy atom. The average molecular weight is 259 g/mol. The monoisotopic (exact) mass is 259 g/mol. The third-order valence-electron chi connectivity index (χ3n) is 2.97. The summed E-state index contributed by atoms with van der Waals surface area (Å²) in [5.74, 6) is 0.696. The lowest BCUT2D eigenvalue weighted by Crippen LogP contribution is -2.05. The minimum atomic E-state index is 0.0904. The number of hydrogen-bond donors (Lipinski definition) is 2. The smallest absolute Gasteiger partial charge is 0.136 e. The minimum Gasteiger partial charge on any atom is -0.492 e. The molecule has 0 aliphatic carbocycles. The number of rotatable bonds is 5. The van der Waals surface area contributed by atoms with Crippen LogP contribution in [-0.2, 0) is 0 Å². The Labute approximate surface area is 111 Å². The lowest BCUT2D eigenvalue weighted by atomic mass is 10.0. The molecule has 0 bridgehead atoms. The number of benzene rings is 2. The second-order valence-electron chi connectivity index (χ2n) is 4.27. The summed E-state index contributed by atoms with van der Waals surface area (Å²) in [5.41, 5.74) is 1.27. The zero-order chi connectivity index (χ0) is 13.7. The van der Waals surface area contributed by atoms with E-state index in [4.69, 9.17) is 15.1 Å². The predicted molar refractivity (Wildman–Crippen MR) is 75.1 cm³/mol. The summed E-state index contributed by atoms with van der Waals surface area (Å²) in [6, 6.07) is 11.7. The van der Waals surface area contributed by atoms with E-state index in [0.29, 0.717) is 24.5 Å². The van der Waals surface area contributed by atoms with Crippen molar-refractivity contribution in [1.82, 2.24) is 0 Å². The Morgan fingerprint density at radius 3 is 2.74 bits per heavy atom. The standard InChI is InChI=1S/C15H17NO3/c1-11(16-18)13-8-7-12-5-2-3-6-14(12)15(13)19-10-4-9-17/h2-3,5-8,17-18H,4,9-10H2,1H3. The van der Waals surface area contributed by atoms with Gasteiger partial charge in [0.2, 0.25) is 0 Å². The predicted octanol–water partition coefficient (Wildman–Crippen LogP) is 2.80. The van der Waals surface area contributed by atoms with Crippen molar-refractivity contribution in [3.63, 3.8) is 0 Å². The van der Waals surface area contributed by atoms with Crippen molar-refractivity contribution in [2.45, 2.75) is 13.3 Å². The summed E-state index contributed by atoms with van der Waals surface area (Å²) < 4.78 is 5.76. The molecule has 2 rings (SSSR count). The van der Waals surface area contributed by atoms with E-state index in [-0.39, 0.29) is 6.61 Å². The second-order valence-corrected chi connectivity index (χ2v) is 4.27. The van der Waals surface area contributed by atoms with E-state index < -0.39 is 0 Å². The van der Waals surface area contributed by atoms with Gasteiger partial charge in [0, 0.05) is 24.0 Å². The molecule has 100 valence electrons. The minimum absolute atomic E-state index is 0.0904. The fourth-order valence-electron chi connectivity index (χ4n) is 1.98. The lowest BCUT2D eigenvalue weighted by Gasteiger charge is -2.13. The highest BCUT2D eigenvalue weighted by atomic mass is 16.5. The van der Waals surface area contributed by atoms with E-state index in [9.17, 15) is 0 Å². The van der Waals surface area contributed by atoms with E-state index in [1.54, 1.807) is 6.92 Å². The van der Waals surface area contributed by atoms with Gasteiger partial charge in [-0.25, -0.2) is 0 Å². The van der Waals surface area contributed by atoms with Crippen molar-refractivity contribution < 1.29 is 15.1 Å². The molecule has 0 aliphatic heterocycles. The van der Waals surface area contributed by atoms with E-state index in [1.165, 1.54) is 0 Å². The molecule has 0 amide bonds. The van der Waals surface area contributed by atoms with Crippen LogP contribution in [-0.4, -0.2) is 29.2 Å². The molecular weight excluding hydrogens is 242 g/mol. The molecule has 0 fully saturated rings. The van der Waals surface area contributed by atoms with Gasteiger partial charge < -0.3 is 15.1 Å². The summed E-state index contributed by atoms with van der Waals surface area (Å²) in [4.78, 5) is 0. The van der Waals surface area contributed by atoms with Crippen molar-refractivity contribution in [3.05, 3.63) is 42.0 Å². The van der Waals surface area contributed by atoms with E-state index in [2.05, 4.69) is 5.16 Å². The highest BCUT2D eigenvalue weighted by molar-refractivity contribution is 6.06. The molecule has 0 aliphatic rings. The zero-order valence-corrected chi connectivity index (χ0v) is 10.8. The summed E-state index contributed by atoms with van der Waals surface area (Å²) in [6.45, 7) is 2.24. The molecule has 2 N–H and O–H groups in total. The van der Waals surface area contributed by atoms with Crippen molar-refractivity contribution in [2.24, 2.45) is 5.16 Å². The van der Waals surface area contributed by atoms with Gasteiger partial charge in [-0.05, 0) is 18.4 Å². The van der Waals surface area contributed by atoms with Crippen LogP contribution in [0.1, 0.15) is 18.9 Å². The van der Waals surface area contributed by atoms with E-state index >= 15 is 0 Å². The first-order valence-corrected chi connectivity index (χ1v) is 6.22. The van der Waals surface area contributed by atoms with Crippen LogP contribution in [0.25, 0.3) is 10.8 Å². The van der Waals surface area contributed by atoms with Crippen molar-refractivity contribution in [3.8, 4) is 5.75 Å². The van der Waals surface area contributed by atoms with Gasteiger partial charge in [0.15, 0.2) is 0 Å². The van der Waals surface area contributed by atoms with Gasteiger partial charge in [-0.15, -0.1) is 0 Å². The summed E-state index contributed by atoms with van der Waals surface area (Å²) in [6.07, 6.45) is 0.567. The van der Waals surface area contributed by atoms with Gasteiger partial charge in [-0.1, -0.05) is 35.5 Å². The first-order chi connectivity index (χ1) is 9.27. The highest BCUT2D eigenvalue weighted by Crippen LogP contribution is 2.30. The van der Waals surface area contributed by atoms with Crippen molar-refractivity contribution in [2.75, 3.05) is 13.2 Å². The van der Waals surface area contributed by atoms with E-state index in [0.717, 1.165) is 16.3 Å². The number of aliphatic hydroxyl groups excluding tert-OH is 1. The topological polar surface area (TPSA) is 62.1 Å². The number of hydrogen-bond acceptors (Lipinski definition) is 4. The molecule has 19 heavy (non-hydrogen) atoms. The third kappa shape index (κ3) is 2.85. The van der Waals surface area contributed by atoms with Gasteiger partial charge in [-0.3, -0.25) is 0 Å². The van der Waals surface area contributed by atoms with Crippen LogP contribution in [0.2, 0.25) is 0 Å². The Morgan fingerprint density at radius 2 is 2.00 bits per heavy atom. The van der Waals surface area contributed by atoms with Crippen LogP contribution < -0.4 is 4.74 Å². The molecule has 0 spiro atoms. The van der Waals surface area contributed by atoms with Gasteiger partial charge >= 0.3 is 0 Å². The fraction of sp³-hybridized carbons (Fsp3) is 0.267. The number of oxime groups is 1. The summed E-state index contributed by atoms with van der Waals surface area (Å²) >= 11 is 0. The molecule has 4 nitrogen and oxygen atoms in total. The van der Waals surface area contributed by atoms with Crippen molar-refractivity contribution in [1.29, 1.82) is 0 Å². The number of aliphatic hydroxyl groups is 1. The first kappa shape index (κ1) is 13.4. The largest absolute Gasteiger partial charge is 0.492 e. The van der Waals surface area contributed by atoms with Crippen LogP contribution in [0, 0.1) is 0 Å². The molecule has 2 aromatic carbocycles. The molecule has 0 saturated carbocycles. The molecular formula is C15H17NO3. The van der Waals surface area contributed by atoms with Crippen LogP contribution in [0.15, 0.2) is 41.6 Å². The Bertz CT molecular complexity index is 593. The molecule has 4 heteroatoms. The van der Waals surface area contributed by atoms with E-state index in [1.807, 2.05) is 36.4 Å². The Balaban J connectivity index is 2.51. The lowest BCUT2D eigenvalue weighted by molar-refractivity contribution is 0.234. The number of fused-ring (bicyclic) bond motifs is 1. The van der Waals surface area contributed by atoms with Crippen molar-refractivity contribution >= 4 is 16.5 Å². The molecule has 0 unspecified atom stereocenters. The fourth-order valence-corrected chi connectivity index (χ4v) is 1.98. The maximum atomic E-state index is 8.95. The highest BCUT2D eigenvalue weighted by Gasteiger charge is 2.11. The molecule has 0 aromatic heterocycles. The average Bonchev–Trinajstić information content (AvgIpc) is 2.46. The first-order valence-electron chi connectivity index (χ1n) is 6.22. The zero-order valence-electron chi connectivity index (χ0n) is 10.8. The Hall–Kier alpha value is -2.07. The summed E-state index contributed by atoms with van der Waals surface area (Å²) in [5, 5.41) is 23.1. The molecule has 0 radical (unpaired) electrons. The van der Waals surface area contributed by atoms with Crippen LogP contribution >= 0.6 is 0 Å². The summed E-state index contributed by atoms with van der Waals surface area (Å²) in [7, 11) is 0. The molecule has 0 heterocycles. The van der Waals surface area contributed by atoms with Crippen LogP contribution in [0.3, 0.4) is 0 Å². The molecule has 2 aromatic rings. The van der Waals surface area contributed by atoms with Gasteiger partial charge in [0.05, 0.1) is 12.3 Å². The quantitative estimate of drug-likeness (QED) is 0.375. The Kier molecular flexibility index (Phi) is 4.36.